The molecule has 1 aromatic carbocycles. The molecule has 90 valence electrons. The van der Waals surface area contributed by atoms with E-state index in [-0.39, 0.29) is 25.0 Å². The molecule has 4 N–H and O–H groups in total. The zero-order chi connectivity index (χ0) is 12.0. The molecule has 0 fully saturated rings. The van der Waals surface area contributed by atoms with Crippen molar-refractivity contribution in [2.75, 3.05) is 20.3 Å². The largest absolute Gasteiger partial charge is 0.507 e. The zero-order valence-electron chi connectivity index (χ0n) is 9.18. The lowest BCUT2D eigenvalue weighted by molar-refractivity contribution is 0.170. The third-order valence-electron chi connectivity index (χ3n) is 2.31. The van der Waals surface area contributed by atoms with Crippen LogP contribution in [0.25, 0.3) is 0 Å². The molecule has 0 spiro atoms. The van der Waals surface area contributed by atoms with E-state index in [2.05, 4.69) is 5.32 Å². The molecular formula is C11H17NO4. The molecular weight excluding hydrogens is 210 g/mol. The summed E-state index contributed by atoms with van der Waals surface area (Å²) >= 11 is 0. The average Bonchev–Trinajstić information content (AvgIpc) is 2.32. The first kappa shape index (κ1) is 12.8. The van der Waals surface area contributed by atoms with Crippen molar-refractivity contribution in [3.8, 4) is 11.5 Å². The van der Waals surface area contributed by atoms with Gasteiger partial charge in [0, 0.05) is 18.2 Å². The summed E-state index contributed by atoms with van der Waals surface area (Å²) in [6.45, 7) is 0.0858. The van der Waals surface area contributed by atoms with Crippen LogP contribution in [-0.2, 0) is 6.54 Å². The summed E-state index contributed by atoms with van der Waals surface area (Å²) in [6.07, 6.45) is 0. The second-order valence-electron chi connectivity index (χ2n) is 3.44. The molecule has 5 nitrogen and oxygen atoms in total. The molecule has 0 saturated heterocycles. The van der Waals surface area contributed by atoms with Gasteiger partial charge in [-0.2, -0.15) is 0 Å². The predicted molar refractivity (Wildman–Crippen MR) is 59.5 cm³/mol. The Hall–Kier alpha value is -1.30. The van der Waals surface area contributed by atoms with E-state index in [0.717, 1.165) is 0 Å². The molecule has 0 atom stereocenters. The van der Waals surface area contributed by atoms with Gasteiger partial charge >= 0.3 is 0 Å². The van der Waals surface area contributed by atoms with Gasteiger partial charge in [-0.15, -0.1) is 0 Å². The van der Waals surface area contributed by atoms with E-state index < -0.39 is 0 Å². The van der Waals surface area contributed by atoms with Crippen molar-refractivity contribution in [3.05, 3.63) is 23.8 Å². The standard InChI is InChI=1S/C11H17NO4/c1-16-10-3-2-8(11(15)4-10)5-12-9(6-13)7-14/h2-4,9,12-15H,5-7H2,1H3. The number of phenolic OH excluding ortho intramolecular Hbond substituents is 1. The predicted octanol–water partition coefficient (Wildman–Crippen LogP) is -0.156. The minimum atomic E-state index is -0.374. The molecule has 0 unspecified atom stereocenters. The molecule has 1 aromatic rings. The lowest BCUT2D eigenvalue weighted by Crippen LogP contribution is -2.35. The molecule has 0 radical (unpaired) electrons. The number of methoxy groups -OCH3 is 1. The van der Waals surface area contributed by atoms with Crippen molar-refractivity contribution < 1.29 is 20.1 Å². The first-order chi connectivity index (χ1) is 7.71. The van der Waals surface area contributed by atoms with Crippen molar-refractivity contribution in [1.82, 2.24) is 5.32 Å². The zero-order valence-corrected chi connectivity index (χ0v) is 9.18. The fraction of sp³-hybridized carbons (Fsp3) is 0.455. The third-order valence-corrected chi connectivity index (χ3v) is 2.31. The molecule has 16 heavy (non-hydrogen) atoms. The average molecular weight is 227 g/mol. The van der Waals surface area contributed by atoms with Gasteiger partial charge in [-0.1, -0.05) is 6.07 Å². The Bertz CT molecular complexity index is 326. The van der Waals surface area contributed by atoms with Gasteiger partial charge in [-0.3, -0.25) is 0 Å². The van der Waals surface area contributed by atoms with E-state index in [0.29, 0.717) is 17.9 Å². The minimum absolute atomic E-state index is 0.126. The second kappa shape index (κ2) is 6.32. The summed E-state index contributed by atoms with van der Waals surface area (Å²) < 4.78 is 4.96. The number of nitrogens with one attached hydrogen (secondary N) is 1. The highest BCUT2D eigenvalue weighted by atomic mass is 16.5. The van der Waals surface area contributed by atoms with Crippen LogP contribution in [0.1, 0.15) is 5.56 Å². The van der Waals surface area contributed by atoms with Crippen LogP contribution >= 0.6 is 0 Å². The molecule has 1 rings (SSSR count). The number of ether oxygens (including phenoxy) is 1. The van der Waals surface area contributed by atoms with Gasteiger partial charge < -0.3 is 25.4 Å². The first-order valence-electron chi connectivity index (χ1n) is 5.02. The van der Waals surface area contributed by atoms with Gasteiger partial charge in [0.15, 0.2) is 0 Å². The van der Waals surface area contributed by atoms with Gasteiger partial charge in [0.2, 0.25) is 0 Å². The van der Waals surface area contributed by atoms with Crippen LogP contribution in [0.15, 0.2) is 18.2 Å². The fourth-order valence-corrected chi connectivity index (χ4v) is 1.26. The smallest absolute Gasteiger partial charge is 0.123 e. The molecule has 0 amide bonds. The number of phenols is 1. The Morgan fingerprint density at radius 1 is 1.31 bits per heavy atom. The number of rotatable bonds is 6. The monoisotopic (exact) mass is 227 g/mol. The third kappa shape index (κ3) is 3.37. The molecule has 0 aromatic heterocycles. The topological polar surface area (TPSA) is 82.0 Å². The number of benzene rings is 1. The Morgan fingerprint density at radius 2 is 2.00 bits per heavy atom. The van der Waals surface area contributed by atoms with E-state index in [1.165, 1.54) is 13.2 Å². The van der Waals surface area contributed by atoms with Gasteiger partial charge in [-0.05, 0) is 6.07 Å². The van der Waals surface area contributed by atoms with Crippen LogP contribution in [0, 0.1) is 0 Å². The maximum absolute atomic E-state index is 9.64. The van der Waals surface area contributed by atoms with E-state index in [1.54, 1.807) is 12.1 Å². The number of aromatic hydroxyl groups is 1. The summed E-state index contributed by atoms with van der Waals surface area (Å²) in [5, 5.41) is 30.2. The summed E-state index contributed by atoms with van der Waals surface area (Å²) in [7, 11) is 1.53. The van der Waals surface area contributed by atoms with Crippen LogP contribution in [-0.4, -0.2) is 41.7 Å². The van der Waals surface area contributed by atoms with Crippen LogP contribution in [0.3, 0.4) is 0 Å². The Morgan fingerprint density at radius 3 is 2.50 bits per heavy atom. The summed E-state index contributed by atoms with van der Waals surface area (Å²) in [5.74, 6) is 0.712. The number of aliphatic hydroxyl groups excluding tert-OH is 2. The maximum atomic E-state index is 9.64. The van der Waals surface area contributed by atoms with Crippen LogP contribution in [0.5, 0.6) is 11.5 Å². The lowest BCUT2D eigenvalue weighted by atomic mass is 10.2. The summed E-state index contributed by atoms with van der Waals surface area (Å²) in [4.78, 5) is 0. The van der Waals surface area contributed by atoms with E-state index >= 15 is 0 Å². The SMILES string of the molecule is COc1ccc(CNC(CO)CO)c(O)c1. The van der Waals surface area contributed by atoms with Crippen molar-refractivity contribution in [1.29, 1.82) is 0 Å². The summed E-state index contributed by atoms with van der Waals surface area (Å²) in [6, 6.07) is 4.61. The molecule has 0 aliphatic rings. The minimum Gasteiger partial charge on any atom is -0.507 e. The van der Waals surface area contributed by atoms with E-state index in [1.807, 2.05) is 0 Å². The van der Waals surface area contributed by atoms with Crippen LogP contribution < -0.4 is 10.1 Å². The van der Waals surface area contributed by atoms with Crippen molar-refractivity contribution in [2.45, 2.75) is 12.6 Å². The van der Waals surface area contributed by atoms with E-state index in [4.69, 9.17) is 14.9 Å². The van der Waals surface area contributed by atoms with Gasteiger partial charge in [-0.25, -0.2) is 0 Å². The maximum Gasteiger partial charge on any atom is 0.123 e. The normalized spacial score (nSPS) is 10.8. The molecule has 0 aliphatic carbocycles. The van der Waals surface area contributed by atoms with Gasteiger partial charge in [0.05, 0.1) is 26.4 Å². The van der Waals surface area contributed by atoms with Gasteiger partial charge in [0.25, 0.3) is 0 Å². The molecule has 0 aliphatic heterocycles. The van der Waals surface area contributed by atoms with Crippen LogP contribution in [0.4, 0.5) is 0 Å². The summed E-state index contributed by atoms with van der Waals surface area (Å²) in [5.41, 5.74) is 0.688. The van der Waals surface area contributed by atoms with Gasteiger partial charge in [0.1, 0.15) is 11.5 Å². The Balaban J connectivity index is 2.60. The fourth-order valence-electron chi connectivity index (χ4n) is 1.26. The lowest BCUT2D eigenvalue weighted by Gasteiger charge is -2.14. The number of hydrogen-bond donors (Lipinski definition) is 4. The molecule has 0 heterocycles. The number of aliphatic hydroxyl groups is 2. The molecule has 5 heteroatoms. The second-order valence-corrected chi connectivity index (χ2v) is 3.44. The molecule has 0 saturated carbocycles. The Labute approximate surface area is 94.3 Å². The van der Waals surface area contributed by atoms with Crippen molar-refractivity contribution in [3.63, 3.8) is 0 Å². The highest BCUT2D eigenvalue weighted by Gasteiger charge is 2.07. The quantitative estimate of drug-likeness (QED) is 0.543. The highest BCUT2D eigenvalue weighted by Crippen LogP contribution is 2.23. The first-order valence-corrected chi connectivity index (χ1v) is 5.02. The van der Waals surface area contributed by atoms with E-state index in [9.17, 15) is 5.11 Å². The van der Waals surface area contributed by atoms with Crippen molar-refractivity contribution in [2.24, 2.45) is 0 Å². The Kier molecular flexibility index (Phi) is 5.04. The van der Waals surface area contributed by atoms with Crippen molar-refractivity contribution >= 4 is 0 Å². The number of hydrogen-bond acceptors (Lipinski definition) is 5. The highest BCUT2D eigenvalue weighted by molar-refractivity contribution is 5.39. The molecule has 0 bridgehead atoms. The van der Waals surface area contributed by atoms with Crippen LogP contribution in [0.2, 0.25) is 0 Å².